The molecule has 1 aliphatic rings. The molecule has 0 bridgehead atoms. The normalized spacial score (nSPS) is 16.6. The van der Waals surface area contributed by atoms with Gasteiger partial charge >= 0.3 is 0 Å². The third-order valence-electron chi connectivity index (χ3n) is 3.59. The van der Waals surface area contributed by atoms with E-state index in [2.05, 4.69) is 12.2 Å². The van der Waals surface area contributed by atoms with Gasteiger partial charge in [-0.2, -0.15) is 0 Å². The zero-order chi connectivity index (χ0) is 12.5. The molecule has 0 saturated heterocycles. The van der Waals surface area contributed by atoms with Crippen LogP contribution in [-0.2, 0) is 0 Å². The number of nitrogen functional groups attached to an aromatic ring is 1. The van der Waals surface area contributed by atoms with E-state index in [1.54, 1.807) is 0 Å². The Hall–Kier alpha value is -1.58. The van der Waals surface area contributed by atoms with E-state index >= 15 is 0 Å². The first-order valence-corrected chi connectivity index (χ1v) is 5.89. The van der Waals surface area contributed by atoms with Crippen molar-refractivity contribution in [2.24, 2.45) is 5.41 Å². The fourth-order valence-corrected chi connectivity index (χ4v) is 1.89. The summed E-state index contributed by atoms with van der Waals surface area (Å²) < 4.78 is 12.9. The van der Waals surface area contributed by atoms with E-state index in [1.165, 1.54) is 31.0 Å². The van der Waals surface area contributed by atoms with Crippen molar-refractivity contribution in [2.45, 2.75) is 26.2 Å². The summed E-state index contributed by atoms with van der Waals surface area (Å²) in [6.07, 6.45) is 3.43. The minimum Gasteiger partial charge on any atom is -0.396 e. The van der Waals surface area contributed by atoms with Crippen LogP contribution in [0.15, 0.2) is 18.2 Å². The van der Waals surface area contributed by atoms with Gasteiger partial charge in [0, 0.05) is 12.1 Å². The number of halogens is 1. The zero-order valence-electron chi connectivity index (χ0n) is 9.92. The maximum absolute atomic E-state index is 12.9. The molecule has 1 amide bonds. The van der Waals surface area contributed by atoms with Crippen LogP contribution in [0.2, 0.25) is 0 Å². The number of amides is 1. The van der Waals surface area contributed by atoms with Crippen LogP contribution in [0.5, 0.6) is 0 Å². The largest absolute Gasteiger partial charge is 0.396 e. The lowest BCUT2D eigenvalue weighted by molar-refractivity contribution is 0.0944. The van der Waals surface area contributed by atoms with Crippen LogP contribution in [0.1, 0.15) is 36.5 Å². The predicted octanol–water partition coefficient (Wildman–Crippen LogP) is 2.33. The monoisotopic (exact) mass is 236 g/mol. The number of benzene rings is 1. The highest BCUT2D eigenvalue weighted by molar-refractivity contribution is 5.95. The maximum atomic E-state index is 12.9. The summed E-state index contributed by atoms with van der Waals surface area (Å²) in [4.78, 5) is 11.8. The first kappa shape index (κ1) is 11.9. The molecule has 17 heavy (non-hydrogen) atoms. The average molecular weight is 236 g/mol. The third kappa shape index (κ3) is 2.57. The summed E-state index contributed by atoms with van der Waals surface area (Å²) in [6, 6.07) is 4.04. The number of nitrogens with one attached hydrogen (secondary N) is 1. The van der Waals surface area contributed by atoms with Crippen molar-refractivity contribution in [3.63, 3.8) is 0 Å². The van der Waals surface area contributed by atoms with E-state index in [0.29, 0.717) is 17.5 Å². The standard InChI is InChI=1S/C13H17FN2O/c1-2-13(5-6-13)8-16-12(17)9-3-4-10(14)11(15)7-9/h3-4,7H,2,5-6,8,15H2,1H3,(H,16,17). The van der Waals surface area contributed by atoms with E-state index in [0.717, 1.165) is 6.42 Å². The number of carbonyl (C=O) groups is 1. The Morgan fingerprint density at radius 3 is 2.76 bits per heavy atom. The van der Waals surface area contributed by atoms with Gasteiger partial charge in [0.1, 0.15) is 5.82 Å². The molecule has 0 unspecified atom stereocenters. The molecule has 3 nitrogen and oxygen atoms in total. The molecular weight excluding hydrogens is 219 g/mol. The molecule has 0 aromatic heterocycles. The molecule has 2 rings (SSSR count). The number of hydrogen-bond donors (Lipinski definition) is 2. The van der Waals surface area contributed by atoms with E-state index in [9.17, 15) is 9.18 Å². The predicted molar refractivity (Wildman–Crippen MR) is 65.1 cm³/mol. The Bertz CT molecular complexity index is 441. The van der Waals surface area contributed by atoms with Gasteiger partial charge in [0.05, 0.1) is 5.69 Å². The summed E-state index contributed by atoms with van der Waals surface area (Å²) in [5.41, 5.74) is 6.15. The number of hydrogen-bond acceptors (Lipinski definition) is 2. The fourth-order valence-electron chi connectivity index (χ4n) is 1.89. The van der Waals surface area contributed by atoms with Crippen molar-refractivity contribution in [1.29, 1.82) is 0 Å². The molecule has 1 aromatic carbocycles. The number of nitrogens with two attached hydrogens (primary N) is 1. The van der Waals surface area contributed by atoms with Crippen LogP contribution in [-0.4, -0.2) is 12.5 Å². The van der Waals surface area contributed by atoms with E-state index < -0.39 is 5.82 Å². The van der Waals surface area contributed by atoms with Crippen LogP contribution in [0.4, 0.5) is 10.1 Å². The second-order valence-electron chi connectivity index (χ2n) is 4.77. The molecule has 4 heteroatoms. The van der Waals surface area contributed by atoms with Gasteiger partial charge in [-0.15, -0.1) is 0 Å². The Balaban J connectivity index is 1.97. The maximum Gasteiger partial charge on any atom is 0.251 e. The molecule has 0 atom stereocenters. The molecule has 0 radical (unpaired) electrons. The average Bonchev–Trinajstić information content (AvgIpc) is 3.10. The van der Waals surface area contributed by atoms with Crippen molar-refractivity contribution < 1.29 is 9.18 Å². The lowest BCUT2D eigenvalue weighted by Crippen LogP contribution is -2.30. The Morgan fingerprint density at radius 2 is 2.24 bits per heavy atom. The minimum atomic E-state index is -0.492. The van der Waals surface area contributed by atoms with Gasteiger partial charge in [0.2, 0.25) is 0 Å². The third-order valence-corrected chi connectivity index (χ3v) is 3.59. The second-order valence-corrected chi connectivity index (χ2v) is 4.77. The molecule has 1 aromatic rings. The highest BCUT2D eigenvalue weighted by Crippen LogP contribution is 2.47. The van der Waals surface area contributed by atoms with E-state index in [4.69, 9.17) is 5.73 Å². The Kier molecular flexibility index (Phi) is 3.05. The van der Waals surface area contributed by atoms with E-state index in [1.807, 2.05) is 0 Å². The molecular formula is C13H17FN2O. The SMILES string of the molecule is CCC1(CNC(=O)c2ccc(F)c(N)c2)CC1. The summed E-state index contributed by atoms with van der Waals surface area (Å²) in [5, 5.41) is 2.88. The molecule has 0 aliphatic heterocycles. The smallest absolute Gasteiger partial charge is 0.251 e. The molecule has 3 N–H and O–H groups in total. The van der Waals surface area contributed by atoms with Gasteiger partial charge in [-0.1, -0.05) is 6.92 Å². The van der Waals surface area contributed by atoms with Crippen molar-refractivity contribution in [3.8, 4) is 0 Å². The van der Waals surface area contributed by atoms with Gasteiger partial charge in [0.15, 0.2) is 0 Å². The first-order chi connectivity index (χ1) is 8.06. The van der Waals surface area contributed by atoms with Gasteiger partial charge in [-0.25, -0.2) is 4.39 Å². The van der Waals surface area contributed by atoms with Crippen molar-refractivity contribution in [3.05, 3.63) is 29.6 Å². The molecule has 1 saturated carbocycles. The molecule has 1 aliphatic carbocycles. The minimum absolute atomic E-state index is 0.00859. The van der Waals surface area contributed by atoms with Gasteiger partial charge in [-0.3, -0.25) is 4.79 Å². The quantitative estimate of drug-likeness (QED) is 0.788. The molecule has 92 valence electrons. The zero-order valence-corrected chi connectivity index (χ0v) is 9.92. The summed E-state index contributed by atoms with van der Waals surface area (Å²) in [6.45, 7) is 2.83. The van der Waals surface area contributed by atoms with Crippen LogP contribution in [0, 0.1) is 11.2 Å². The van der Waals surface area contributed by atoms with Crippen molar-refractivity contribution >= 4 is 11.6 Å². The summed E-state index contributed by atoms with van der Waals surface area (Å²) in [7, 11) is 0. The van der Waals surface area contributed by atoms with Crippen LogP contribution in [0.25, 0.3) is 0 Å². The van der Waals surface area contributed by atoms with Gasteiger partial charge in [0.25, 0.3) is 5.91 Å². The van der Waals surface area contributed by atoms with E-state index in [-0.39, 0.29) is 11.6 Å². The highest BCUT2D eigenvalue weighted by atomic mass is 19.1. The van der Waals surface area contributed by atoms with Crippen LogP contribution < -0.4 is 11.1 Å². The Morgan fingerprint density at radius 1 is 1.53 bits per heavy atom. The van der Waals surface area contributed by atoms with Gasteiger partial charge < -0.3 is 11.1 Å². The van der Waals surface area contributed by atoms with Crippen LogP contribution in [0.3, 0.4) is 0 Å². The summed E-state index contributed by atoms with van der Waals surface area (Å²) in [5.74, 6) is -0.676. The highest BCUT2D eigenvalue weighted by Gasteiger charge is 2.40. The lowest BCUT2D eigenvalue weighted by Gasteiger charge is -2.13. The fraction of sp³-hybridized carbons (Fsp3) is 0.462. The number of anilines is 1. The molecule has 0 spiro atoms. The van der Waals surface area contributed by atoms with Gasteiger partial charge in [-0.05, 0) is 42.9 Å². The summed E-state index contributed by atoms with van der Waals surface area (Å²) >= 11 is 0. The Labute approximate surface area is 100 Å². The van der Waals surface area contributed by atoms with Crippen molar-refractivity contribution in [1.82, 2.24) is 5.32 Å². The second kappa shape index (κ2) is 4.35. The first-order valence-electron chi connectivity index (χ1n) is 5.89. The van der Waals surface area contributed by atoms with Crippen LogP contribution >= 0.6 is 0 Å². The number of carbonyl (C=O) groups excluding carboxylic acids is 1. The molecule has 1 fully saturated rings. The topological polar surface area (TPSA) is 55.1 Å². The number of rotatable bonds is 4. The lowest BCUT2D eigenvalue weighted by atomic mass is 10.0. The van der Waals surface area contributed by atoms with Crippen molar-refractivity contribution in [2.75, 3.05) is 12.3 Å². The molecule has 0 heterocycles.